The summed E-state index contributed by atoms with van der Waals surface area (Å²) in [5.41, 5.74) is 1.85. The highest BCUT2D eigenvalue weighted by atomic mass is 32.1. The van der Waals surface area contributed by atoms with E-state index in [4.69, 9.17) is 17.0 Å². The molecule has 2 rings (SSSR count). The SMILES string of the molecule is COc1ccc([C@H](C)NC(=S)Nc2ccc(C)c(F)c2)cc1F. The van der Waals surface area contributed by atoms with Gasteiger partial charge in [0, 0.05) is 5.69 Å². The lowest BCUT2D eigenvalue weighted by molar-refractivity contribution is 0.386. The van der Waals surface area contributed by atoms with Crippen LogP contribution in [0.5, 0.6) is 5.75 Å². The van der Waals surface area contributed by atoms with E-state index in [1.165, 1.54) is 19.2 Å². The minimum Gasteiger partial charge on any atom is -0.494 e. The molecule has 0 aromatic heterocycles. The second-order valence-electron chi connectivity index (χ2n) is 5.18. The third-order valence-corrected chi connectivity index (χ3v) is 3.67. The summed E-state index contributed by atoms with van der Waals surface area (Å²) in [7, 11) is 1.42. The first kappa shape index (κ1) is 17.1. The van der Waals surface area contributed by atoms with Crippen LogP contribution in [-0.4, -0.2) is 12.2 Å². The summed E-state index contributed by atoms with van der Waals surface area (Å²) in [6, 6.07) is 9.28. The second-order valence-corrected chi connectivity index (χ2v) is 5.59. The standard InChI is InChI=1S/C17H18F2N2OS/c1-10-4-6-13(9-14(10)18)21-17(23)20-11(2)12-5-7-16(22-3)15(19)8-12/h4-9,11H,1-3H3,(H2,20,21,23)/t11-/m0/s1. The molecule has 0 saturated heterocycles. The number of thiocarbonyl (C=S) groups is 1. The van der Waals surface area contributed by atoms with Crippen LogP contribution in [0.2, 0.25) is 0 Å². The van der Waals surface area contributed by atoms with Gasteiger partial charge in [0.2, 0.25) is 0 Å². The third-order valence-electron chi connectivity index (χ3n) is 3.45. The van der Waals surface area contributed by atoms with Gasteiger partial charge in [-0.05, 0) is 61.5 Å². The van der Waals surface area contributed by atoms with Crippen molar-refractivity contribution >= 4 is 23.0 Å². The molecule has 0 unspecified atom stereocenters. The van der Waals surface area contributed by atoms with Crippen LogP contribution in [-0.2, 0) is 0 Å². The van der Waals surface area contributed by atoms with Crippen LogP contribution in [0.1, 0.15) is 24.1 Å². The number of rotatable bonds is 4. The molecule has 23 heavy (non-hydrogen) atoms. The van der Waals surface area contributed by atoms with Crippen molar-refractivity contribution < 1.29 is 13.5 Å². The zero-order valence-electron chi connectivity index (χ0n) is 13.1. The summed E-state index contributed by atoms with van der Waals surface area (Å²) < 4.78 is 32.1. The predicted molar refractivity (Wildman–Crippen MR) is 91.9 cm³/mol. The highest BCUT2D eigenvalue weighted by Crippen LogP contribution is 2.22. The van der Waals surface area contributed by atoms with E-state index in [2.05, 4.69) is 10.6 Å². The van der Waals surface area contributed by atoms with E-state index in [0.29, 0.717) is 16.4 Å². The fourth-order valence-corrected chi connectivity index (χ4v) is 2.36. The Morgan fingerprint density at radius 2 is 1.87 bits per heavy atom. The molecule has 0 aliphatic heterocycles. The van der Waals surface area contributed by atoms with Gasteiger partial charge in [-0.15, -0.1) is 0 Å². The van der Waals surface area contributed by atoms with E-state index >= 15 is 0 Å². The molecule has 0 radical (unpaired) electrons. The Morgan fingerprint density at radius 1 is 1.13 bits per heavy atom. The van der Waals surface area contributed by atoms with Crippen molar-refractivity contribution in [1.82, 2.24) is 5.32 Å². The Bertz CT molecular complexity index is 722. The van der Waals surface area contributed by atoms with Crippen LogP contribution >= 0.6 is 12.2 Å². The topological polar surface area (TPSA) is 33.3 Å². The number of anilines is 1. The summed E-state index contributed by atoms with van der Waals surface area (Å²) in [6.07, 6.45) is 0. The Morgan fingerprint density at radius 3 is 2.48 bits per heavy atom. The fraction of sp³-hybridized carbons (Fsp3) is 0.235. The van der Waals surface area contributed by atoms with E-state index in [1.807, 2.05) is 6.92 Å². The van der Waals surface area contributed by atoms with E-state index in [0.717, 1.165) is 5.56 Å². The Balaban J connectivity index is 2.01. The van der Waals surface area contributed by atoms with Crippen LogP contribution in [0, 0.1) is 18.6 Å². The van der Waals surface area contributed by atoms with Gasteiger partial charge >= 0.3 is 0 Å². The normalized spacial score (nSPS) is 11.7. The van der Waals surface area contributed by atoms with Gasteiger partial charge in [0.1, 0.15) is 5.82 Å². The van der Waals surface area contributed by atoms with Crippen molar-refractivity contribution in [2.45, 2.75) is 19.9 Å². The number of methoxy groups -OCH3 is 1. The van der Waals surface area contributed by atoms with Gasteiger partial charge in [-0.3, -0.25) is 0 Å². The van der Waals surface area contributed by atoms with Crippen molar-refractivity contribution in [3.8, 4) is 5.75 Å². The monoisotopic (exact) mass is 336 g/mol. The quantitative estimate of drug-likeness (QED) is 0.814. The maximum absolute atomic E-state index is 13.7. The lowest BCUT2D eigenvalue weighted by atomic mass is 10.1. The first-order valence-electron chi connectivity index (χ1n) is 7.08. The molecule has 6 heteroatoms. The number of ether oxygens (including phenoxy) is 1. The van der Waals surface area contributed by atoms with Gasteiger partial charge in [-0.2, -0.15) is 0 Å². The molecule has 2 N–H and O–H groups in total. The van der Waals surface area contributed by atoms with Gasteiger partial charge in [-0.1, -0.05) is 12.1 Å². The molecule has 0 spiro atoms. The molecule has 3 nitrogen and oxygen atoms in total. The van der Waals surface area contributed by atoms with E-state index in [-0.39, 0.29) is 17.6 Å². The number of nitrogens with one attached hydrogen (secondary N) is 2. The zero-order valence-corrected chi connectivity index (χ0v) is 13.9. The van der Waals surface area contributed by atoms with Gasteiger partial charge in [0.05, 0.1) is 13.2 Å². The van der Waals surface area contributed by atoms with Crippen molar-refractivity contribution in [3.05, 3.63) is 59.2 Å². The molecule has 0 fully saturated rings. The number of benzene rings is 2. The molecule has 0 heterocycles. The number of aryl methyl sites for hydroxylation is 1. The molecular weight excluding hydrogens is 318 g/mol. The van der Waals surface area contributed by atoms with Crippen molar-refractivity contribution in [1.29, 1.82) is 0 Å². The molecule has 0 aliphatic carbocycles. The predicted octanol–water partition coefficient (Wildman–Crippen LogP) is 4.33. The summed E-state index contributed by atoms with van der Waals surface area (Å²) in [6.45, 7) is 3.54. The smallest absolute Gasteiger partial charge is 0.171 e. The Labute approximate surface area is 139 Å². The fourth-order valence-electron chi connectivity index (χ4n) is 2.07. The minimum atomic E-state index is -0.432. The highest BCUT2D eigenvalue weighted by molar-refractivity contribution is 7.80. The first-order valence-corrected chi connectivity index (χ1v) is 7.48. The Kier molecular flexibility index (Phi) is 5.50. The lowest BCUT2D eigenvalue weighted by Gasteiger charge is -2.18. The average Bonchev–Trinajstić information content (AvgIpc) is 2.50. The van der Waals surface area contributed by atoms with E-state index in [1.54, 1.807) is 31.2 Å². The van der Waals surface area contributed by atoms with Crippen LogP contribution in [0.3, 0.4) is 0 Å². The highest BCUT2D eigenvalue weighted by Gasteiger charge is 2.11. The summed E-state index contributed by atoms with van der Waals surface area (Å²) in [5.74, 6) is -0.544. The van der Waals surface area contributed by atoms with Crippen LogP contribution in [0.15, 0.2) is 36.4 Å². The maximum atomic E-state index is 13.7. The summed E-state index contributed by atoms with van der Waals surface area (Å²) >= 11 is 5.21. The van der Waals surface area contributed by atoms with Crippen LogP contribution in [0.4, 0.5) is 14.5 Å². The molecule has 0 aliphatic rings. The zero-order chi connectivity index (χ0) is 17.0. The third kappa shape index (κ3) is 4.39. The Hall–Kier alpha value is -2.21. The number of hydrogen-bond donors (Lipinski definition) is 2. The maximum Gasteiger partial charge on any atom is 0.171 e. The average molecular weight is 336 g/mol. The van der Waals surface area contributed by atoms with Gasteiger partial charge in [-0.25, -0.2) is 8.78 Å². The molecule has 122 valence electrons. The number of hydrogen-bond acceptors (Lipinski definition) is 2. The molecule has 0 saturated carbocycles. The lowest BCUT2D eigenvalue weighted by Crippen LogP contribution is -2.31. The van der Waals surface area contributed by atoms with Crippen molar-refractivity contribution in [2.24, 2.45) is 0 Å². The van der Waals surface area contributed by atoms with Gasteiger partial charge in [0.25, 0.3) is 0 Å². The second kappa shape index (κ2) is 7.37. The van der Waals surface area contributed by atoms with Gasteiger partial charge < -0.3 is 15.4 Å². The molecule has 0 bridgehead atoms. The molecule has 2 aromatic carbocycles. The van der Waals surface area contributed by atoms with Crippen molar-refractivity contribution in [2.75, 3.05) is 12.4 Å². The van der Waals surface area contributed by atoms with Crippen molar-refractivity contribution in [3.63, 3.8) is 0 Å². The molecule has 2 aromatic rings. The summed E-state index contributed by atoms with van der Waals surface area (Å²) in [5, 5.41) is 6.27. The molecular formula is C17H18F2N2OS. The summed E-state index contributed by atoms with van der Waals surface area (Å²) in [4.78, 5) is 0. The molecule has 1 atom stereocenters. The largest absolute Gasteiger partial charge is 0.494 e. The van der Waals surface area contributed by atoms with E-state index in [9.17, 15) is 8.78 Å². The van der Waals surface area contributed by atoms with Crippen LogP contribution in [0.25, 0.3) is 0 Å². The van der Waals surface area contributed by atoms with E-state index < -0.39 is 5.82 Å². The molecule has 0 amide bonds. The van der Waals surface area contributed by atoms with Gasteiger partial charge in [0.15, 0.2) is 16.7 Å². The first-order chi connectivity index (χ1) is 10.9. The number of halogens is 2. The van der Waals surface area contributed by atoms with Crippen LogP contribution < -0.4 is 15.4 Å². The minimum absolute atomic E-state index is 0.191.